The summed E-state index contributed by atoms with van der Waals surface area (Å²) in [6.45, 7) is 0. The molecule has 0 radical (unpaired) electrons. The first-order valence-electron chi connectivity index (χ1n) is 4.90. The highest BCUT2D eigenvalue weighted by Gasteiger charge is 2.26. The van der Waals surface area contributed by atoms with Crippen molar-refractivity contribution >= 4 is 28.5 Å². The van der Waals surface area contributed by atoms with Crippen LogP contribution in [0.25, 0.3) is 0 Å². The maximum atomic E-state index is 12.9. The fraction of sp³-hybridized carbons (Fsp3) is 0.0833. The molecule has 0 saturated heterocycles. The van der Waals surface area contributed by atoms with Crippen molar-refractivity contribution in [3.63, 3.8) is 0 Å². The van der Waals surface area contributed by atoms with E-state index in [0.717, 1.165) is 5.30 Å². The van der Waals surface area contributed by atoms with Crippen molar-refractivity contribution in [1.29, 1.82) is 0 Å². The summed E-state index contributed by atoms with van der Waals surface area (Å²) in [4.78, 5) is 4.21. The molecule has 2 nitrogen and oxygen atoms in total. The highest BCUT2D eigenvalue weighted by molar-refractivity contribution is 8.62. The summed E-state index contributed by atoms with van der Waals surface area (Å²) in [5, 5.41) is 0.848. The molecule has 0 N–H and O–H groups in total. The Morgan fingerprint density at radius 2 is 1.75 bits per heavy atom. The van der Waals surface area contributed by atoms with Crippen molar-refractivity contribution < 1.29 is 4.57 Å². The summed E-state index contributed by atoms with van der Waals surface area (Å²) >= 11 is 1.37. The summed E-state index contributed by atoms with van der Waals surface area (Å²) in [5.74, 6) is 0. The maximum Gasteiger partial charge on any atom is 0.212 e. The van der Waals surface area contributed by atoms with Crippen LogP contribution in [0.1, 0.15) is 0 Å². The van der Waals surface area contributed by atoms with E-state index in [1.54, 1.807) is 6.20 Å². The lowest BCUT2D eigenvalue weighted by atomic mass is 10.4. The standard InChI is InChI=1S/C12H12NOPS/c1-16-15(14,11-7-3-2-4-8-11)12-9-5-6-10-13-12/h2-10H,1H3/t15-/m0/s1. The van der Waals surface area contributed by atoms with Crippen molar-refractivity contribution in [2.75, 3.05) is 6.26 Å². The normalized spacial score (nSPS) is 14.3. The molecule has 82 valence electrons. The van der Waals surface area contributed by atoms with Gasteiger partial charge in [-0.05, 0) is 18.4 Å². The predicted octanol–water partition coefficient (Wildman–Crippen LogP) is 2.67. The van der Waals surface area contributed by atoms with Gasteiger partial charge in [0.2, 0.25) is 6.34 Å². The van der Waals surface area contributed by atoms with Crippen LogP contribution in [0.4, 0.5) is 0 Å². The lowest BCUT2D eigenvalue weighted by Gasteiger charge is -2.14. The van der Waals surface area contributed by atoms with Gasteiger partial charge in [0.15, 0.2) is 0 Å². The number of hydrogen-bond donors (Lipinski definition) is 0. The fourth-order valence-electron chi connectivity index (χ4n) is 1.48. The van der Waals surface area contributed by atoms with Gasteiger partial charge in [-0.3, -0.25) is 4.98 Å². The molecule has 0 aliphatic carbocycles. The minimum absolute atomic E-state index is 0.661. The number of aromatic nitrogens is 1. The first-order chi connectivity index (χ1) is 7.77. The van der Waals surface area contributed by atoms with Gasteiger partial charge in [-0.1, -0.05) is 47.8 Å². The van der Waals surface area contributed by atoms with Crippen LogP contribution in [0.3, 0.4) is 0 Å². The van der Waals surface area contributed by atoms with Crippen LogP contribution in [0.15, 0.2) is 54.7 Å². The van der Waals surface area contributed by atoms with Gasteiger partial charge in [-0.25, -0.2) is 0 Å². The average molecular weight is 249 g/mol. The first-order valence-corrected chi connectivity index (χ1v) is 8.44. The summed E-state index contributed by atoms with van der Waals surface area (Å²) in [5.41, 5.74) is 0.661. The van der Waals surface area contributed by atoms with Crippen LogP contribution in [0, 0.1) is 0 Å². The molecule has 2 rings (SSSR count). The smallest absolute Gasteiger partial charge is 0.212 e. The van der Waals surface area contributed by atoms with Crippen LogP contribution in [0.5, 0.6) is 0 Å². The zero-order chi connectivity index (χ0) is 11.4. The number of rotatable bonds is 3. The summed E-state index contributed by atoms with van der Waals surface area (Å²) < 4.78 is 12.9. The van der Waals surface area contributed by atoms with Gasteiger partial charge in [0.1, 0.15) is 5.44 Å². The average Bonchev–Trinajstić information content (AvgIpc) is 2.40. The van der Waals surface area contributed by atoms with E-state index in [9.17, 15) is 4.57 Å². The van der Waals surface area contributed by atoms with E-state index in [1.165, 1.54) is 11.4 Å². The molecule has 1 heterocycles. The van der Waals surface area contributed by atoms with Crippen LogP contribution in [0.2, 0.25) is 0 Å². The van der Waals surface area contributed by atoms with Gasteiger partial charge in [-0.15, -0.1) is 0 Å². The van der Waals surface area contributed by atoms with Gasteiger partial charge in [0, 0.05) is 11.5 Å². The van der Waals surface area contributed by atoms with Crippen LogP contribution < -0.4 is 10.7 Å². The van der Waals surface area contributed by atoms with Crippen LogP contribution in [-0.2, 0) is 4.57 Å². The van der Waals surface area contributed by atoms with E-state index in [4.69, 9.17) is 0 Å². The molecule has 16 heavy (non-hydrogen) atoms. The van der Waals surface area contributed by atoms with E-state index in [1.807, 2.05) is 54.8 Å². The number of benzene rings is 1. The minimum Gasteiger partial charge on any atom is -0.300 e. The van der Waals surface area contributed by atoms with Crippen molar-refractivity contribution in [1.82, 2.24) is 4.98 Å². The molecule has 0 saturated carbocycles. The molecule has 0 unspecified atom stereocenters. The fourth-order valence-corrected chi connectivity index (χ4v) is 5.09. The van der Waals surface area contributed by atoms with Gasteiger partial charge in [0.25, 0.3) is 0 Å². The lowest BCUT2D eigenvalue weighted by molar-refractivity contribution is 0.595. The van der Waals surface area contributed by atoms with Crippen LogP contribution >= 0.6 is 17.7 Å². The molecule has 0 spiro atoms. The van der Waals surface area contributed by atoms with Crippen molar-refractivity contribution in [2.24, 2.45) is 0 Å². The third-order valence-corrected chi connectivity index (χ3v) is 7.40. The first kappa shape index (κ1) is 11.4. The number of nitrogens with zero attached hydrogens (tertiary/aromatic N) is 1. The van der Waals surface area contributed by atoms with Gasteiger partial charge < -0.3 is 4.57 Å². The molecule has 1 aromatic carbocycles. The Bertz CT molecular complexity index is 457. The van der Waals surface area contributed by atoms with Gasteiger partial charge in [0.05, 0.1) is 0 Å². The molecule has 0 fully saturated rings. The Balaban J connectivity index is 2.54. The molecule has 0 aliphatic heterocycles. The Kier molecular flexibility index (Phi) is 3.47. The molecule has 1 aromatic heterocycles. The Morgan fingerprint density at radius 1 is 1.06 bits per heavy atom. The predicted molar refractivity (Wildman–Crippen MR) is 71.1 cm³/mol. The molecule has 0 bridgehead atoms. The van der Waals surface area contributed by atoms with E-state index < -0.39 is 6.34 Å². The second-order valence-electron chi connectivity index (χ2n) is 3.26. The molecular formula is C12H12NOPS. The summed E-state index contributed by atoms with van der Waals surface area (Å²) in [6, 6.07) is 15.0. The zero-order valence-corrected chi connectivity index (χ0v) is 10.6. The minimum atomic E-state index is -2.60. The topological polar surface area (TPSA) is 30.0 Å². The monoisotopic (exact) mass is 249 g/mol. The van der Waals surface area contributed by atoms with Crippen molar-refractivity contribution in [2.45, 2.75) is 0 Å². The second-order valence-corrected chi connectivity index (χ2v) is 8.34. The van der Waals surface area contributed by atoms with Crippen molar-refractivity contribution in [3.05, 3.63) is 54.7 Å². The molecule has 2 aromatic rings. The molecule has 4 heteroatoms. The third kappa shape index (κ3) is 2.06. The Hall–Kier alpha value is -1.05. The number of pyridine rings is 1. The Labute approximate surface area is 99.2 Å². The van der Waals surface area contributed by atoms with Gasteiger partial charge in [-0.2, -0.15) is 0 Å². The maximum absolute atomic E-state index is 12.9. The second kappa shape index (κ2) is 4.86. The van der Waals surface area contributed by atoms with E-state index in [-0.39, 0.29) is 0 Å². The van der Waals surface area contributed by atoms with Gasteiger partial charge >= 0.3 is 0 Å². The van der Waals surface area contributed by atoms with E-state index in [2.05, 4.69) is 4.98 Å². The Morgan fingerprint density at radius 3 is 2.31 bits per heavy atom. The molecule has 1 atom stereocenters. The largest absolute Gasteiger partial charge is 0.300 e. The van der Waals surface area contributed by atoms with E-state index >= 15 is 0 Å². The van der Waals surface area contributed by atoms with Crippen molar-refractivity contribution in [3.8, 4) is 0 Å². The lowest BCUT2D eigenvalue weighted by Crippen LogP contribution is -2.15. The SMILES string of the molecule is CS[P@@](=O)(c1ccccc1)c1ccccn1. The third-order valence-electron chi connectivity index (χ3n) is 2.30. The summed E-state index contributed by atoms with van der Waals surface area (Å²) in [6.07, 6.45) is 0.946. The highest BCUT2D eigenvalue weighted by atomic mass is 32.7. The highest BCUT2D eigenvalue weighted by Crippen LogP contribution is 2.53. The quantitative estimate of drug-likeness (QED) is 0.783. The number of hydrogen-bond acceptors (Lipinski definition) is 3. The molecular weight excluding hydrogens is 237 g/mol. The zero-order valence-electron chi connectivity index (χ0n) is 8.91. The molecule has 0 amide bonds. The molecule has 0 aliphatic rings. The van der Waals surface area contributed by atoms with E-state index in [0.29, 0.717) is 5.44 Å². The van der Waals surface area contributed by atoms with Crippen LogP contribution in [-0.4, -0.2) is 11.2 Å². The summed E-state index contributed by atoms with van der Waals surface area (Å²) in [7, 11) is 0.